The van der Waals surface area contributed by atoms with Gasteiger partial charge in [0.25, 0.3) is 5.91 Å². The Kier molecular flexibility index (Phi) is 7.86. The number of nitrogens with one attached hydrogen (secondary N) is 1. The number of carbonyl (C=O) groups is 2. The van der Waals surface area contributed by atoms with E-state index in [2.05, 4.69) is 5.32 Å². The maximum atomic E-state index is 12.1. The van der Waals surface area contributed by atoms with Gasteiger partial charge in [0.05, 0.1) is 13.2 Å². The molecule has 0 aliphatic heterocycles. The number of ether oxygens (including phenoxy) is 2. The summed E-state index contributed by atoms with van der Waals surface area (Å²) in [7, 11) is 1.61. The Bertz CT molecular complexity index is 738. The lowest BCUT2D eigenvalue weighted by molar-refractivity contribution is -0.148. The van der Waals surface area contributed by atoms with Crippen LogP contribution in [0, 0.1) is 6.92 Å². The van der Waals surface area contributed by atoms with Gasteiger partial charge in [-0.3, -0.25) is 9.59 Å². The Hall–Kier alpha value is -2.82. The molecule has 2 aromatic rings. The van der Waals surface area contributed by atoms with Gasteiger partial charge in [-0.2, -0.15) is 0 Å². The van der Waals surface area contributed by atoms with Crippen LogP contribution in [0.25, 0.3) is 0 Å². The van der Waals surface area contributed by atoms with E-state index in [0.717, 1.165) is 23.3 Å². The van der Waals surface area contributed by atoms with E-state index >= 15 is 0 Å². The quantitative estimate of drug-likeness (QED) is 0.684. The van der Waals surface area contributed by atoms with E-state index < -0.39 is 0 Å². The maximum absolute atomic E-state index is 12.1. The monoisotopic (exact) mass is 369 g/mol. The molecule has 0 aromatic heterocycles. The molecule has 144 valence electrons. The molecule has 1 N–H and O–H groups in total. The van der Waals surface area contributed by atoms with Crippen LogP contribution in [0.1, 0.15) is 42.5 Å². The molecule has 2 rings (SSSR count). The fourth-order valence-corrected chi connectivity index (χ4v) is 2.71. The number of amides is 1. The zero-order chi connectivity index (χ0) is 19.6. The zero-order valence-electron chi connectivity index (χ0n) is 16.2. The molecule has 27 heavy (non-hydrogen) atoms. The molecule has 0 aliphatic carbocycles. The van der Waals surface area contributed by atoms with Crippen molar-refractivity contribution in [3.8, 4) is 5.75 Å². The predicted molar refractivity (Wildman–Crippen MR) is 105 cm³/mol. The van der Waals surface area contributed by atoms with Gasteiger partial charge in [-0.05, 0) is 43.0 Å². The molecule has 0 heterocycles. The van der Waals surface area contributed by atoms with Crippen LogP contribution in [-0.2, 0) is 20.7 Å². The molecule has 0 bridgehead atoms. The van der Waals surface area contributed by atoms with Gasteiger partial charge in [-0.15, -0.1) is 0 Å². The Labute approximate surface area is 160 Å². The zero-order valence-corrected chi connectivity index (χ0v) is 16.2. The molecule has 2 aromatic carbocycles. The highest BCUT2D eigenvalue weighted by atomic mass is 16.5. The summed E-state index contributed by atoms with van der Waals surface area (Å²) in [6.45, 7) is 3.77. The summed E-state index contributed by atoms with van der Waals surface area (Å²) in [5.74, 6) is 0.0987. The molecule has 0 unspecified atom stereocenters. The lowest BCUT2D eigenvalue weighted by Crippen LogP contribution is -2.32. The fraction of sp³-hybridized carbons (Fsp3) is 0.364. The van der Waals surface area contributed by atoms with Crippen LogP contribution in [0.15, 0.2) is 48.5 Å². The summed E-state index contributed by atoms with van der Waals surface area (Å²) in [6, 6.07) is 15.5. The van der Waals surface area contributed by atoms with Gasteiger partial charge < -0.3 is 14.8 Å². The summed E-state index contributed by atoms with van der Waals surface area (Å²) < 4.78 is 10.2. The summed E-state index contributed by atoms with van der Waals surface area (Å²) in [5.41, 5.74) is 3.23. The van der Waals surface area contributed by atoms with Crippen molar-refractivity contribution in [2.75, 3.05) is 13.7 Å². The van der Waals surface area contributed by atoms with Crippen molar-refractivity contribution in [3.63, 3.8) is 0 Å². The van der Waals surface area contributed by atoms with Gasteiger partial charge in [0, 0.05) is 6.42 Å². The van der Waals surface area contributed by atoms with E-state index in [1.54, 1.807) is 7.11 Å². The summed E-state index contributed by atoms with van der Waals surface area (Å²) in [6.07, 6.45) is 1.56. The molecule has 0 fully saturated rings. The molecule has 0 saturated heterocycles. The minimum absolute atomic E-state index is 0.0869. The number of carbonyl (C=O) groups excluding carboxylic acids is 2. The van der Waals surface area contributed by atoms with Gasteiger partial charge in [-0.25, -0.2) is 0 Å². The Morgan fingerprint density at radius 1 is 1.04 bits per heavy atom. The minimum Gasteiger partial charge on any atom is -0.497 e. The molecule has 1 amide bonds. The highest BCUT2D eigenvalue weighted by Gasteiger charge is 2.14. The van der Waals surface area contributed by atoms with Crippen LogP contribution in [0.4, 0.5) is 0 Å². The maximum Gasteiger partial charge on any atom is 0.306 e. The molecule has 0 radical (unpaired) electrons. The topological polar surface area (TPSA) is 64.6 Å². The third-order valence-corrected chi connectivity index (χ3v) is 4.36. The van der Waals surface area contributed by atoms with Gasteiger partial charge in [-0.1, -0.05) is 48.9 Å². The van der Waals surface area contributed by atoms with Crippen LogP contribution in [0.2, 0.25) is 0 Å². The highest BCUT2D eigenvalue weighted by molar-refractivity contribution is 5.80. The molecule has 0 spiro atoms. The first-order valence-corrected chi connectivity index (χ1v) is 9.16. The second-order valence-electron chi connectivity index (χ2n) is 6.45. The number of esters is 1. The van der Waals surface area contributed by atoms with Crippen LogP contribution in [0.5, 0.6) is 5.75 Å². The molecule has 0 saturated carbocycles. The van der Waals surface area contributed by atoms with Crippen LogP contribution in [-0.4, -0.2) is 25.6 Å². The summed E-state index contributed by atoms with van der Waals surface area (Å²) >= 11 is 0. The fourth-order valence-electron chi connectivity index (χ4n) is 2.71. The van der Waals surface area contributed by atoms with Crippen molar-refractivity contribution < 1.29 is 19.1 Å². The molecular formula is C22H27NO4. The first-order chi connectivity index (χ1) is 13.0. The molecule has 5 nitrogen and oxygen atoms in total. The van der Waals surface area contributed by atoms with Crippen molar-refractivity contribution >= 4 is 11.9 Å². The number of hydrogen-bond donors (Lipinski definition) is 1. The highest BCUT2D eigenvalue weighted by Crippen LogP contribution is 2.17. The smallest absolute Gasteiger partial charge is 0.306 e. The second kappa shape index (κ2) is 10.4. The van der Waals surface area contributed by atoms with Crippen molar-refractivity contribution in [3.05, 3.63) is 65.2 Å². The van der Waals surface area contributed by atoms with Crippen molar-refractivity contribution in [1.82, 2.24) is 5.32 Å². The molecule has 5 heteroatoms. The Morgan fingerprint density at radius 2 is 1.70 bits per heavy atom. The van der Waals surface area contributed by atoms with Crippen LogP contribution < -0.4 is 10.1 Å². The largest absolute Gasteiger partial charge is 0.497 e. The van der Waals surface area contributed by atoms with Crippen molar-refractivity contribution in [2.24, 2.45) is 0 Å². The lowest BCUT2D eigenvalue weighted by Gasteiger charge is -2.17. The first-order valence-electron chi connectivity index (χ1n) is 9.16. The third-order valence-electron chi connectivity index (χ3n) is 4.36. The number of benzene rings is 2. The molecular weight excluding hydrogens is 342 g/mol. The van der Waals surface area contributed by atoms with E-state index in [1.807, 2.05) is 62.4 Å². The van der Waals surface area contributed by atoms with Crippen LogP contribution >= 0.6 is 0 Å². The third kappa shape index (κ3) is 6.77. The SMILES string of the molecule is CC[C@@H](NC(=O)COC(=O)CCc1ccc(OC)cc1)c1ccc(C)cc1. The normalized spacial score (nSPS) is 11.5. The number of hydrogen-bond acceptors (Lipinski definition) is 4. The predicted octanol–water partition coefficient (Wildman–Crippen LogP) is 3.75. The average molecular weight is 369 g/mol. The Balaban J connectivity index is 1.74. The van der Waals surface area contributed by atoms with Gasteiger partial charge in [0.15, 0.2) is 6.61 Å². The van der Waals surface area contributed by atoms with Gasteiger partial charge in [0.2, 0.25) is 0 Å². The molecule has 1 atom stereocenters. The standard InChI is InChI=1S/C22H27NO4/c1-4-20(18-10-5-16(2)6-11-18)23-21(24)15-27-22(25)14-9-17-7-12-19(26-3)13-8-17/h5-8,10-13,20H,4,9,14-15H2,1-3H3,(H,23,24)/t20-/m1/s1. The molecule has 0 aliphatic rings. The second-order valence-corrected chi connectivity index (χ2v) is 6.45. The van der Waals surface area contributed by atoms with E-state index in [9.17, 15) is 9.59 Å². The number of methoxy groups -OCH3 is 1. The Morgan fingerprint density at radius 3 is 2.30 bits per heavy atom. The van der Waals surface area contributed by atoms with Crippen molar-refractivity contribution in [1.29, 1.82) is 0 Å². The number of rotatable bonds is 9. The number of aryl methyl sites for hydroxylation is 2. The average Bonchev–Trinajstić information content (AvgIpc) is 2.70. The van der Waals surface area contributed by atoms with E-state index in [1.165, 1.54) is 5.56 Å². The summed E-state index contributed by atoms with van der Waals surface area (Å²) in [4.78, 5) is 24.0. The van der Waals surface area contributed by atoms with Gasteiger partial charge in [0.1, 0.15) is 5.75 Å². The summed E-state index contributed by atoms with van der Waals surface area (Å²) in [5, 5.41) is 2.91. The van der Waals surface area contributed by atoms with Crippen molar-refractivity contribution in [2.45, 2.75) is 39.2 Å². The van der Waals surface area contributed by atoms with E-state index in [0.29, 0.717) is 6.42 Å². The minimum atomic E-state index is -0.385. The lowest BCUT2D eigenvalue weighted by atomic mass is 10.0. The first kappa shape index (κ1) is 20.5. The van der Waals surface area contributed by atoms with Gasteiger partial charge >= 0.3 is 5.97 Å². The van der Waals surface area contributed by atoms with E-state index in [-0.39, 0.29) is 30.9 Å². The van der Waals surface area contributed by atoms with Crippen LogP contribution in [0.3, 0.4) is 0 Å². The van der Waals surface area contributed by atoms with E-state index in [4.69, 9.17) is 9.47 Å².